The summed E-state index contributed by atoms with van der Waals surface area (Å²) in [7, 11) is 0. The Kier molecular flexibility index (Phi) is 4.97. The Bertz CT molecular complexity index is 1180. The van der Waals surface area contributed by atoms with Gasteiger partial charge in [0, 0.05) is 24.8 Å². The van der Waals surface area contributed by atoms with Gasteiger partial charge in [-0.1, -0.05) is 53.7 Å². The van der Waals surface area contributed by atoms with Gasteiger partial charge in [-0.05, 0) is 91.4 Å². The van der Waals surface area contributed by atoms with Crippen molar-refractivity contribution in [3.63, 3.8) is 0 Å². The average molecular weight is 395 g/mol. The second-order valence-corrected chi connectivity index (χ2v) is 10.1. The van der Waals surface area contributed by atoms with Gasteiger partial charge in [-0.2, -0.15) is 0 Å². The molecule has 2 aromatic carbocycles. The van der Waals surface area contributed by atoms with Crippen molar-refractivity contribution < 1.29 is 0 Å². The maximum absolute atomic E-state index is 4.25. The van der Waals surface area contributed by atoms with Crippen LogP contribution in [-0.2, 0) is 10.8 Å². The Morgan fingerprint density at radius 1 is 0.567 bits per heavy atom. The monoisotopic (exact) mass is 394 g/mol. The fourth-order valence-electron chi connectivity index (χ4n) is 4.08. The lowest BCUT2D eigenvalue weighted by Crippen LogP contribution is -2.14. The summed E-state index contributed by atoms with van der Waals surface area (Å²) in [4.78, 5) is 8.48. The molecule has 2 nitrogen and oxygen atoms in total. The molecule has 0 saturated carbocycles. The summed E-state index contributed by atoms with van der Waals surface area (Å²) in [6.45, 7) is 13.7. The van der Waals surface area contributed by atoms with Gasteiger partial charge < -0.3 is 0 Å². The third-order valence-electron chi connectivity index (χ3n) is 5.77. The van der Waals surface area contributed by atoms with Crippen LogP contribution in [0.15, 0.2) is 73.3 Å². The van der Waals surface area contributed by atoms with Crippen LogP contribution < -0.4 is 0 Å². The fraction of sp³-hybridized carbons (Fsp3) is 0.286. The number of hydrogen-bond acceptors (Lipinski definition) is 2. The van der Waals surface area contributed by atoms with Crippen molar-refractivity contribution >= 4 is 10.8 Å². The Morgan fingerprint density at radius 3 is 1.67 bits per heavy atom. The highest BCUT2D eigenvalue weighted by Gasteiger charge is 2.24. The highest BCUT2D eigenvalue weighted by Crippen LogP contribution is 2.44. The maximum atomic E-state index is 4.25. The minimum Gasteiger partial charge on any atom is -0.265 e. The molecule has 0 aliphatic heterocycles. The molecule has 0 N–H and O–H groups in total. The van der Waals surface area contributed by atoms with Crippen LogP contribution in [-0.4, -0.2) is 9.97 Å². The second kappa shape index (κ2) is 7.36. The largest absolute Gasteiger partial charge is 0.265 e. The summed E-state index contributed by atoms with van der Waals surface area (Å²) in [6.07, 6.45) is 7.52. The standard InChI is InChI=1S/C28H30N2/c1-27(2,3)21-7-8-22-24(17-21)23(19-9-13-29-14-10-19)18-25(28(4,5)6)26(22)20-11-15-30-16-12-20/h7-18H,1-6H3. The van der Waals surface area contributed by atoms with Crippen LogP contribution >= 0.6 is 0 Å². The molecule has 0 aliphatic rings. The van der Waals surface area contributed by atoms with Crippen LogP contribution in [0.5, 0.6) is 0 Å². The zero-order valence-electron chi connectivity index (χ0n) is 18.8. The van der Waals surface area contributed by atoms with Gasteiger partial charge in [0.05, 0.1) is 0 Å². The molecule has 0 saturated heterocycles. The topological polar surface area (TPSA) is 25.8 Å². The number of fused-ring (bicyclic) bond motifs is 1. The number of benzene rings is 2. The molecule has 30 heavy (non-hydrogen) atoms. The lowest BCUT2D eigenvalue weighted by Gasteiger charge is -2.28. The summed E-state index contributed by atoms with van der Waals surface area (Å²) in [5.74, 6) is 0. The van der Waals surface area contributed by atoms with Gasteiger partial charge in [-0.25, -0.2) is 0 Å². The number of nitrogens with zero attached hydrogens (tertiary/aromatic N) is 2. The van der Waals surface area contributed by atoms with Crippen LogP contribution in [0.3, 0.4) is 0 Å². The molecule has 0 bridgehead atoms. The third-order valence-corrected chi connectivity index (χ3v) is 5.77. The molecule has 0 amide bonds. The molecule has 2 heterocycles. The lowest BCUT2D eigenvalue weighted by molar-refractivity contribution is 0.590. The van der Waals surface area contributed by atoms with Gasteiger partial charge in [0.2, 0.25) is 0 Å². The van der Waals surface area contributed by atoms with Crippen molar-refractivity contribution in [3.8, 4) is 22.3 Å². The van der Waals surface area contributed by atoms with E-state index in [4.69, 9.17) is 0 Å². The number of hydrogen-bond donors (Lipinski definition) is 0. The second-order valence-electron chi connectivity index (χ2n) is 10.1. The van der Waals surface area contributed by atoms with Crippen LogP contribution in [0.4, 0.5) is 0 Å². The Labute approximate surface area is 180 Å². The van der Waals surface area contributed by atoms with Gasteiger partial charge in [-0.3, -0.25) is 9.97 Å². The maximum Gasteiger partial charge on any atom is 0.0273 e. The summed E-state index contributed by atoms with van der Waals surface area (Å²) in [5, 5.41) is 2.57. The Balaban J connectivity index is 2.18. The van der Waals surface area contributed by atoms with Crippen molar-refractivity contribution in [2.75, 3.05) is 0 Å². The number of rotatable bonds is 2. The normalized spacial score (nSPS) is 12.3. The summed E-state index contributed by atoms with van der Waals surface area (Å²) < 4.78 is 0. The highest BCUT2D eigenvalue weighted by molar-refractivity contribution is 6.07. The molecule has 4 aromatic rings. The summed E-state index contributed by atoms with van der Waals surface area (Å²) >= 11 is 0. The minimum atomic E-state index is -0.00271. The van der Waals surface area contributed by atoms with E-state index in [0.29, 0.717) is 0 Å². The molecular formula is C28H30N2. The molecule has 152 valence electrons. The third kappa shape index (κ3) is 3.75. The molecule has 0 radical (unpaired) electrons. The van der Waals surface area contributed by atoms with Gasteiger partial charge in [0.25, 0.3) is 0 Å². The van der Waals surface area contributed by atoms with Crippen LogP contribution in [0.25, 0.3) is 33.0 Å². The van der Waals surface area contributed by atoms with Crippen molar-refractivity contribution in [2.45, 2.75) is 52.4 Å². The average Bonchev–Trinajstić information content (AvgIpc) is 2.72. The molecule has 0 atom stereocenters. The molecule has 2 heteroatoms. The zero-order valence-corrected chi connectivity index (χ0v) is 18.8. The van der Waals surface area contributed by atoms with Crippen molar-refractivity contribution in [1.82, 2.24) is 9.97 Å². The van der Waals surface area contributed by atoms with E-state index in [9.17, 15) is 0 Å². The van der Waals surface area contributed by atoms with Crippen LogP contribution in [0, 0.1) is 0 Å². The van der Waals surface area contributed by atoms with Crippen molar-refractivity contribution in [2.24, 2.45) is 0 Å². The first-order valence-electron chi connectivity index (χ1n) is 10.6. The molecule has 0 fully saturated rings. The van der Waals surface area contributed by atoms with Gasteiger partial charge in [-0.15, -0.1) is 0 Å². The predicted octanol–water partition coefficient (Wildman–Crippen LogP) is 7.56. The highest BCUT2D eigenvalue weighted by atomic mass is 14.6. The van der Waals surface area contributed by atoms with Gasteiger partial charge in [0.15, 0.2) is 0 Å². The van der Waals surface area contributed by atoms with E-state index in [1.54, 1.807) is 0 Å². The molecule has 4 rings (SSSR count). The molecule has 2 aromatic heterocycles. The summed E-state index contributed by atoms with van der Waals surface area (Å²) in [5.41, 5.74) is 7.75. The zero-order chi connectivity index (χ0) is 21.5. The van der Waals surface area contributed by atoms with E-state index in [0.717, 1.165) is 0 Å². The first kappa shape index (κ1) is 20.3. The Hall–Kier alpha value is -3.00. The van der Waals surface area contributed by atoms with E-state index in [1.807, 2.05) is 24.8 Å². The van der Waals surface area contributed by atoms with E-state index in [2.05, 4.69) is 100 Å². The van der Waals surface area contributed by atoms with Crippen molar-refractivity contribution in [3.05, 3.63) is 84.4 Å². The quantitative estimate of drug-likeness (QED) is 0.350. The van der Waals surface area contributed by atoms with Gasteiger partial charge >= 0.3 is 0 Å². The SMILES string of the molecule is CC(C)(C)c1ccc2c(-c3ccncc3)c(C(C)(C)C)cc(-c3ccncc3)c2c1. The minimum absolute atomic E-state index is 0.00271. The molecular weight excluding hydrogens is 364 g/mol. The smallest absolute Gasteiger partial charge is 0.0273 e. The Morgan fingerprint density at radius 2 is 1.13 bits per heavy atom. The molecule has 0 aliphatic carbocycles. The van der Waals surface area contributed by atoms with E-state index < -0.39 is 0 Å². The van der Waals surface area contributed by atoms with Crippen LogP contribution in [0.2, 0.25) is 0 Å². The molecule has 0 spiro atoms. The van der Waals surface area contributed by atoms with E-state index >= 15 is 0 Å². The predicted molar refractivity (Wildman–Crippen MR) is 128 cm³/mol. The lowest BCUT2D eigenvalue weighted by atomic mass is 9.76. The summed E-state index contributed by atoms with van der Waals surface area (Å²) in [6, 6.07) is 17.8. The first-order valence-corrected chi connectivity index (χ1v) is 10.6. The number of pyridine rings is 2. The van der Waals surface area contributed by atoms with E-state index in [-0.39, 0.29) is 10.8 Å². The fourth-order valence-corrected chi connectivity index (χ4v) is 4.08. The number of aromatic nitrogens is 2. The van der Waals surface area contributed by atoms with Crippen LogP contribution in [0.1, 0.15) is 52.7 Å². The van der Waals surface area contributed by atoms with Gasteiger partial charge in [0.1, 0.15) is 0 Å². The van der Waals surface area contributed by atoms with Crippen molar-refractivity contribution in [1.29, 1.82) is 0 Å². The van der Waals surface area contributed by atoms with E-state index in [1.165, 1.54) is 44.2 Å². The first-order chi connectivity index (χ1) is 14.2. The molecule has 0 unspecified atom stereocenters.